The minimum atomic E-state index is -2.59. The summed E-state index contributed by atoms with van der Waals surface area (Å²) in [6.45, 7) is 1.41. The SMILES string of the molecule is CC1CCCN(C(N)=NCc2nccn2C(F)F)C1.I. The monoisotopic (exact) mass is 399 g/mol. The molecule has 1 aliphatic heterocycles. The van der Waals surface area contributed by atoms with Crippen LogP contribution in [0.3, 0.4) is 0 Å². The lowest BCUT2D eigenvalue weighted by molar-refractivity contribution is 0.0671. The van der Waals surface area contributed by atoms with Crippen LogP contribution in [0.15, 0.2) is 17.4 Å². The molecule has 5 nitrogen and oxygen atoms in total. The van der Waals surface area contributed by atoms with Gasteiger partial charge in [0.15, 0.2) is 5.96 Å². The van der Waals surface area contributed by atoms with Crippen LogP contribution < -0.4 is 5.73 Å². The van der Waals surface area contributed by atoms with Gasteiger partial charge in [-0.1, -0.05) is 6.92 Å². The minimum Gasteiger partial charge on any atom is -0.370 e. The van der Waals surface area contributed by atoms with Crippen LogP contribution in [0.4, 0.5) is 8.78 Å². The Kier molecular flexibility index (Phi) is 6.63. The molecule has 0 saturated carbocycles. The number of aromatic nitrogens is 2. The van der Waals surface area contributed by atoms with E-state index in [-0.39, 0.29) is 36.3 Å². The molecule has 2 heterocycles. The van der Waals surface area contributed by atoms with Crippen LogP contribution in [0.5, 0.6) is 0 Å². The Labute approximate surface area is 134 Å². The smallest absolute Gasteiger partial charge is 0.319 e. The van der Waals surface area contributed by atoms with E-state index < -0.39 is 6.55 Å². The highest BCUT2D eigenvalue weighted by Crippen LogP contribution is 2.16. The zero-order valence-corrected chi connectivity index (χ0v) is 13.7. The number of guanidine groups is 1. The van der Waals surface area contributed by atoms with Crippen LogP contribution >= 0.6 is 24.0 Å². The van der Waals surface area contributed by atoms with E-state index in [2.05, 4.69) is 16.9 Å². The average Bonchev–Trinajstić information content (AvgIpc) is 2.84. The number of nitrogens with zero attached hydrogens (tertiary/aromatic N) is 4. The molecule has 1 atom stereocenters. The molecule has 1 unspecified atom stereocenters. The zero-order valence-electron chi connectivity index (χ0n) is 11.4. The molecule has 0 bridgehead atoms. The highest BCUT2D eigenvalue weighted by molar-refractivity contribution is 14.0. The van der Waals surface area contributed by atoms with E-state index in [1.807, 2.05) is 4.90 Å². The van der Waals surface area contributed by atoms with Crippen LogP contribution in [0.1, 0.15) is 32.1 Å². The molecule has 2 rings (SSSR count). The first-order valence-corrected chi connectivity index (χ1v) is 6.42. The Hall–Kier alpha value is -0.930. The molecule has 20 heavy (non-hydrogen) atoms. The lowest BCUT2D eigenvalue weighted by Gasteiger charge is -2.31. The van der Waals surface area contributed by atoms with E-state index in [0.29, 0.717) is 11.9 Å². The van der Waals surface area contributed by atoms with Gasteiger partial charge < -0.3 is 10.6 Å². The largest absolute Gasteiger partial charge is 0.370 e. The van der Waals surface area contributed by atoms with Gasteiger partial charge in [0.1, 0.15) is 12.4 Å². The topological polar surface area (TPSA) is 59.4 Å². The third kappa shape index (κ3) is 4.29. The van der Waals surface area contributed by atoms with E-state index >= 15 is 0 Å². The summed E-state index contributed by atoms with van der Waals surface area (Å²) in [5.74, 6) is 1.23. The predicted molar refractivity (Wildman–Crippen MR) is 84.2 cm³/mol. The summed E-state index contributed by atoms with van der Waals surface area (Å²) in [5.41, 5.74) is 5.90. The van der Waals surface area contributed by atoms with Crippen LogP contribution in [-0.2, 0) is 6.54 Å². The highest BCUT2D eigenvalue weighted by atomic mass is 127. The molecule has 1 aliphatic rings. The van der Waals surface area contributed by atoms with Crippen molar-refractivity contribution in [3.8, 4) is 0 Å². The van der Waals surface area contributed by atoms with Gasteiger partial charge in [-0.05, 0) is 18.8 Å². The van der Waals surface area contributed by atoms with Crippen LogP contribution in [0.2, 0.25) is 0 Å². The first-order chi connectivity index (χ1) is 9.08. The van der Waals surface area contributed by atoms with Crippen molar-refractivity contribution in [3.05, 3.63) is 18.2 Å². The zero-order chi connectivity index (χ0) is 13.8. The molecule has 1 saturated heterocycles. The number of imidazole rings is 1. The fourth-order valence-corrected chi connectivity index (χ4v) is 2.29. The molecular formula is C12H20F2IN5. The molecule has 0 aromatic carbocycles. The minimum absolute atomic E-state index is 0. The van der Waals surface area contributed by atoms with Crippen molar-refractivity contribution >= 4 is 29.9 Å². The second-order valence-corrected chi connectivity index (χ2v) is 4.90. The second-order valence-electron chi connectivity index (χ2n) is 4.90. The lowest BCUT2D eigenvalue weighted by atomic mass is 10.0. The Balaban J connectivity index is 0.00000200. The molecule has 2 N–H and O–H groups in total. The van der Waals surface area contributed by atoms with Crippen molar-refractivity contribution in [2.24, 2.45) is 16.6 Å². The number of hydrogen-bond donors (Lipinski definition) is 1. The predicted octanol–water partition coefficient (Wildman–Crippen LogP) is 2.44. The van der Waals surface area contributed by atoms with Crippen molar-refractivity contribution in [2.75, 3.05) is 13.1 Å². The van der Waals surface area contributed by atoms with E-state index in [1.54, 1.807) is 0 Å². The number of hydrogen-bond acceptors (Lipinski definition) is 2. The van der Waals surface area contributed by atoms with Crippen LogP contribution in [0, 0.1) is 5.92 Å². The number of piperidine rings is 1. The Bertz CT molecular complexity index is 449. The molecule has 1 aromatic heterocycles. The van der Waals surface area contributed by atoms with Crippen molar-refractivity contribution in [3.63, 3.8) is 0 Å². The molecule has 0 amide bonds. The summed E-state index contributed by atoms with van der Waals surface area (Å²) in [7, 11) is 0. The highest BCUT2D eigenvalue weighted by Gasteiger charge is 2.18. The van der Waals surface area contributed by atoms with E-state index in [1.165, 1.54) is 18.8 Å². The molecule has 0 spiro atoms. The molecule has 1 fully saturated rings. The summed E-state index contributed by atoms with van der Waals surface area (Å²) >= 11 is 0. The number of alkyl halides is 2. The second kappa shape index (κ2) is 7.75. The summed E-state index contributed by atoms with van der Waals surface area (Å²) in [4.78, 5) is 10.0. The molecule has 114 valence electrons. The molecule has 8 heteroatoms. The van der Waals surface area contributed by atoms with Crippen LogP contribution in [-0.4, -0.2) is 33.5 Å². The van der Waals surface area contributed by atoms with Gasteiger partial charge in [-0.3, -0.25) is 4.57 Å². The van der Waals surface area contributed by atoms with Gasteiger partial charge in [0.25, 0.3) is 0 Å². The fraction of sp³-hybridized carbons (Fsp3) is 0.667. The molecule has 0 aliphatic carbocycles. The summed E-state index contributed by atoms with van der Waals surface area (Å²) in [6, 6.07) is 0. The quantitative estimate of drug-likeness (QED) is 0.483. The Morgan fingerprint density at radius 2 is 2.35 bits per heavy atom. The summed E-state index contributed by atoms with van der Waals surface area (Å²) in [6.07, 6.45) is 4.87. The third-order valence-corrected chi connectivity index (χ3v) is 3.32. The number of nitrogens with two attached hydrogens (primary N) is 1. The first kappa shape index (κ1) is 17.1. The maximum Gasteiger partial charge on any atom is 0.319 e. The number of halogens is 3. The average molecular weight is 399 g/mol. The standard InChI is InChI=1S/C12H19F2N5.HI/c1-9-3-2-5-18(8-9)12(15)17-7-10-16-4-6-19(10)11(13)14;/h4,6,9,11H,2-3,5,7-8H2,1H3,(H2,15,17);1H. The Morgan fingerprint density at radius 1 is 1.60 bits per heavy atom. The number of aliphatic imine (C=N–C) groups is 1. The number of likely N-dealkylation sites (tertiary alicyclic amines) is 1. The normalized spacial score (nSPS) is 20.1. The van der Waals surface area contributed by atoms with Crippen molar-refractivity contribution in [1.82, 2.24) is 14.5 Å². The summed E-state index contributed by atoms with van der Waals surface area (Å²) in [5, 5.41) is 0. The van der Waals surface area contributed by atoms with Crippen molar-refractivity contribution in [2.45, 2.75) is 32.9 Å². The molecular weight excluding hydrogens is 379 g/mol. The van der Waals surface area contributed by atoms with E-state index in [4.69, 9.17) is 5.73 Å². The van der Waals surface area contributed by atoms with Gasteiger partial charge in [-0.25, -0.2) is 9.98 Å². The molecule has 1 aromatic rings. The van der Waals surface area contributed by atoms with Gasteiger partial charge in [-0.15, -0.1) is 24.0 Å². The van der Waals surface area contributed by atoms with Crippen molar-refractivity contribution in [1.29, 1.82) is 0 Å². The van der Waals surface area contributed by atoms with Gasteiger partial charge >= 0.3 is 6.55 Å². The van der Waals surface area contributed by atoms with Crippen molar-refractivity contribution < 1.29 is 8.78 Å². The maximum absolute atomic E-state index is 12.6. The van der Waals surface area contributed by atoms with Gasteiger partial charge in [0, 0.05) is 25.5 Å². The van der Waals surface area contributed by atoms with Gasteiger partial charge in [0.05, 0.1) is 0 Å². The lowest BCUT2D eigenvalue weighted by Crippen LogP contribution is -2.43. The Morgan fingerprint density at radius 3 is 3.00 bits per heavy atom. The number of rotatable bonds is 3. The van der Waals surface area contributed by atoms with E-state index in [0.717, 1.165) is 24.1 Å². The van der Waals surface area contributed by atoms with E-state index in [9.17, 15) is 8.78 Å². The fourth-order valence-electron chi connectivity index (χ4n) is 2.29. The van der Waals surface area contributed by atoms with Gasteiger partial charge in [-0.2, -0.15) is 8.78 Å². The molecule has 0 radical (unpaired) electrons. The van der Waals surface area contributed by atoms with Gasteiger partial charge in [0.2, 0.25) is 0 Å². The summed E-state index contributed by atoms with van der Waals surface area (Å²) < 4.78 is 26.0. The maximum atomic E-state index is 12.6. The first-order valence-electron chi connectivity index (χ1n) is 6.42. The van der Waals surface area contributed by atoms with Crippen LogP contribution in [0.25, 0.3) is 0 Å². The third-order valence-electron chi connectivity index (χ3n) is 3.32.